The summed E-state index contributed by atoms with van der Waals surface area (Å²) in [6.07, 6.45) is 7.94. The number of likely N-dealkylation sites (tertiary alicyclic amines) is 1. The number of methoxy groups -OCH3 is 1. The van der Waals surface area contributed by atoms with Crippen molar-refractivity contribution in [3.8, 4) is 5.75 Å². The molecule has 2 N–H and O–H groups in total. The molecule has 0 bridgehead atoms. The van der Waals surface area contributed by atoms with Crippen LogP contribution in [0.4, 0.5) is 0 Å². The Kier molecular flexibility index (Phi) is 9.49. The monoisotopic (exact) mass is 510 g/mol. The molecule has 36 heavy (non-hydrogen) atoms. The minimum absolute atomic E-state index is 0.0900. The van der Waals surface area contributed by atoms with Crippen LogP contribution in [0.5, 0.6) is 5.75 Å². The molecule has 0 spiro atoms. The molecule has 192 valence electrons. The van der Waals surface area contributed by atoms with Gasteiger partial charge in [-0.3, -0.25) is 9.78 Å². The molecule has 0 unspecified atom stereocenters. The summed E-state index contributed by atoms with van der Waals surface area (Å²) >= 11 is 1.72. The highest BCUT2D eigenvalue weighted by molar-refractivity contribution is 7.99. The Hall–Kier alpha value is -2.75. The molecular weight excluding hydrogens is 476 g/mol. The van der Waals surface area contributed by atoms with Gasteiger partial charge in [0.2, 0.25) is 0 Å². The van der Waals surface area contributed by atoms with Crippen LogP contribution >= 0.6 is 11.8 Å². The van der Waals surface area contributed by atoms with Gasteiger partial charge in [-0.25, -0.2) is 9.97 Å². The lowest BCUT2D eigenvalue weighted by Crippen LogP contribution is -2.42. The molecule has 3 aromatic rings. The number of benzene rings is 1. The summed E-state index contributed by atoms with van der Waals surface area (Å²) in [5.41, 5.74) is 1.66. The van der Waals surface area contributed by atoms with Crippen LogP contribution in [-0.4, -0.2) is 68.5 Å². The lowest BCUT2D eigenvalue weighted by atomic mass is 9.79. The van der Waals surface area contributed by atoms with E-state index in [1.165, 1.54) is 0 Å². The van der Waals surface area contributed by atoms with Crippen molar-refractivity contribution in [1.82, 2.24) is 19.9 Å². The molecule has 0 radical (unpaired) electrons. The summed E-state index contributed by atoms with van der Waals surface area (Å²) < 4.78 is 5.35. The van der Waals surface area contributed by atoms with Crippen LogP contribution in [0.3, 0.4) is 0 Å². The minimum Gasteiger partial charge on any atom is -0.497 e. The highest BCUT2D eigenvalue weighted by Gasteiger charge is 2.31. The predicted molar refractivity (Wildman–Crippen MR) is 140 cm³/mol. The molecule has 0 saturated carbocycles. The van der Waals surface area contributed by atoms with Gasteiger partial charge in [-0.15, -0.1) is 11.8 Å². The first-order valence-corrected chi connectivity index (χ1v) is 13.5. The van der Waals surface area contributed by atoms with E-state index in [0.29, 0.717) is 6.42 Å². The van der Waals surface area contributed by atoms with Gasteiger partial charge in [0.05, 0.1) is 23.8 Å². The molecule has 1 aromatic carbocycles. The van der Waals surface area contributed by atoms with Crippen LogP contribution in [0.15, 0.2) is 54.1 Å². The smallest absolute Gasteiger partial charge is 0.303 e. The Morgan fingerprint density at radius 1 is 1.22 bits per heavy atom. The third-order valence-corrected chi connectivity index (χ3v) is 8.02. The third kappa shape index (κ3) is 7.15. The number of pyridine rings is 1. The van der Waals surface area contributed by atoms with Gasteiger partial charge >= 0.3 is 5.97 Å². The molecule has 3 heterocycles. The molecule has 1 saturated heterocycles. The van der Waals surface area contributed by atoms with Crippen molar-refractivity contribution in [2.24, 2.45) is 11.8 Å². The molecule has 8 nitrogen and oxygen atoms in total. The van der Waals surface area contributed by atoms with Crippen molar-refractivity contribution in [1.29, 1.82) is 0 Å². The number of carboxylic acid groups (broad SMARTS) is 1. The first-order chi connectivity index (χ1) is 17.5. The van der Waals surface area contributed by atoms with Crippen LogP contribution in [0.1, 0.15) is 43.8 Å². The van der Waals surface area contributed by atoms with Crippen LogP contribution in [0.2, 0.25) is 0 Å². The van der Waals surface area contributed by atoms with E-state index in [1.807, 2.05) is 30.3 Å². The average Bonchev–Trinajstić information content (AvgIpc) is 2.90. The lowest BCUT2D eigenvalue weighted by Gasteiger charge is -2.38. The van der Waals surface area contributed by atoms with Gasteiger partial charge < -0.3 is 19.8 Å². The molecule has 0 aliphatic carbocycles. The fraction of sp³-hybridized carbons (Fsp3) is 0.481. The number of thioether (sulfide) groups is 1. The number of rotatable bonds is 12. The van der Waals surface area contributed by atoms with Crippen molar-refractivity contribution in [3.05, 3.63) is 54.6 Å². The maximum Gasteiger partial charge on any atom is 0.303 e. The molecule has 0 amide bonds. The van der Waals surface area contributed by atoms with Gasteiger partial charge in [-0.05, 0) is 86.5 Å². The van der Waals surface area contributed by atoms with E-state index in [-0.39, 0.29) is 18.3 Å². The standard InChI is InChI=1S/C27H34N4O4S/c1-35-21-4-5-24-23(16-21)22(7-11-29-24)25(32)6-3-19-9-13-31(17-20(19)15-27(33)34)12-2-14-36-26-8-10-28-18-30-26/h4-5,7-8,10-11,16,18-20,25,32H,2-3,6,9,12-15,17H2,1H3,(H,33,34)/t19-,20+,25+/m1/s1. The van der Waals surface area contributed by atoms with Gasteiger partial charge in [0.25, 0.3) is 0 Å². The van der Waals surface area contributed by atoms with Crippen LogP contribution < -0.4 is 4.74 Å². The van der Waals surface area contributed by atoms with E-state index in [4.69, 9.17) is 4.74 Å². The summed E-state index contributed by atoms with van der Waals surface area (Å²) in [7, 11) is 1.62. The largest absolute Gasteiger partial charge is 0.497 e. The number of hydrogen-bond donors (Lipinski definition) is 2. The van der Waals surface area contributed by atoms with Crippen LogP contribution in [-0.2, 0) is 4.79 Å². The Bertz CT molecular complexity index is 1130. The van der Waals surface area contributed by atoms with Gasteiger partial charge in [-0.2, -0.15) is 0 Å². The van der Waals surface area contributed by atoms with Crippen molar-refractivity contribution in [2.45, 2.75) is 43.2 Å². The highest BCUT2D eigenvalue weighted by atomic mass is 32.2. The molecular formula is C27H34N4O4S. The molecule has 1 aliphatic rings. The van der Waals surface area contributed by atoms with Gasteiger partial charge in [0.15, 0.2) is 0 Å². The van der Waals surface area contributed by atoms with Crippen molar-refractivity contribution < 1.29 is 19.7 Å². The van der Waals surface area contributed by atoms with Crippen LogP contribution in [0.25, 0.3) is 10.9 Å². The maximum atomic E-state index is 11.6. The summed E-state index contributed by atoms with van der Waals surface area (Å²) in [4.78, 5) is 26.6. The number of aliphatic carboxylic acids is 1. The topological polar surface area (TPSA) is 109 Å². The van der Waals surface area contributed by atoms with E-state index in [1.54, 1.807) is 37.6 Å². The Morgan fingerprint density at radius 3 is 2.89 bits per heavy atom. The molecule has 3 atom stereocenters. The number of hydrogen-bond acceptors (Lipinski definition) is 8. The number of aliphatic hydroxyl groups is 1. The average molecular weight is 511 g/mol. The zero-order chi connectivity index (χ0) is 25.3. The fourth-order valence-electron chi connectivity index (χ4n) is 5.12. The lowest BCUT2D eigenvalue weighted by molar-refractivity contribution is -0.139. The third-order valence-electron chi connectivity index (χ3n) is 6.99. The van der Waals surface area contributed by atoms with Crippen molar-refractivity contribution in [2.75, 3.05) is 32.5 Å². The first kappa shape index (κ1) is 26.3. The van der Waals surface area contributed by atoms with E-state index >= 15 is 0 Å². The summed E-state index contributed by atoms with van der Waals surface area (Å²) in [5.74, 6) is 1.32. The summed E-state index contributed by atoms with van der Waals surface area (Å²) in [6, 6.07) is 9.46. The predicted octanol–water partition coefficient (Wildman–Crippen LogP) is 4.44. The SMILES string of the molecule is COc1ccc2nccc([C@@H](O)CC[C@@H]3CCN(CCCSc4ccncn4)C[C@@H]3CC(=O)O)c2c1. The highest BCUT2D eigenvalue weighted by Crippen LogP contribution is 2.35. The number of carboxylic acids is 1. The van der Waals surface area contributed by atoms with Gasteiger partial charge in [-0.1, -0.05) is 0 Å². The Labute approximate surface area is 216 Å². The van der Waals surface area contributed by atoms with E-state index in [2.05, 4.69) is 19.9 Å². The van der Waals surface area contributed by atoms with Crippen LogP contribution in [0, 0.1) is 11.8 Å². The number of piperidine rings is 1. The maximum absolute atomic E-state index is 11.6. The quantitative estimate of drug-likeness (QED) is 0.208. The second-order valence-electron chi connectivity index (χ2n) is 9.33. The first-order valence-electron chi connectivity index (χ1n) is 12.5. The number of carbonyl (C=O) groups is 1. The zero-order valence-corrected chi connectivity index (χ0v) is 21.4. The van der Waals surface area contributed by atoms with Crippen molar-refractivity contribution in [3.63, 3.8) is 0 Å². The molecule has 1 fully saturated rings. The molecule has 4 rings (SSSR count). The number of ether oxygens (including phenoxy) is 1. The van der Waals surface area contributed by atoms with E-state index < -0.39 is 12.1 Å². The normalized spacial score (nSPS) is 19.3. The minimum atomic E-state index is -0.751. The van der Waals surface area contributed by atoms with Gasteiger partial charge in [0, 0.05) is 36.5 Å². The number of aliphatic hydroxyl groups excluding tert-OH is 1. The summed E-state index contributed by atoms with van der Waals surface area (Å²) in [5, 5.41) is 22.5. The Balaban J connectivity index is 1.31. The fourth-order valence-corrected chi connectivity index (χ4v) is 5.88. The number of aromatic nitrogens is 3. The van der Waals surface area contributed by atoms with Gasteiger partial charge in [0.1, 0.15) is 12.1 Å². The van der Waals surface area contributed by atoms with E-state index in [0.717, 1.165) is 71.9 Å². The van der Waals surface area contributed by atoms with Crippen molar-refractivity contribution >= 4 is 28.6 Å². The molecule has 9 heteroatoms. The summed E-state index contributed by atoms with van der Waals surface area (Å²) in [6.45, 7) is 2.71. The number of fused-ring (bicyclic) bond motifs is 1. The molecule has 1 aliphatic heterocycles. The van der Waals surface area contributed by atoms with E-state index in [9.17, 15) is 15.0 Å². The second-order valence-corrected chi connectivity index (χ2v) is 10.4. The second kappa shape index (κ2) is 13.0. The zero-order valence-electron chi connectivity index (χ0n) is 20.6. The Morgan fingerprint density at radius 2 is 2.11 bits per heavy atom. The number of nitrogens with zero attached hydrogens (tertiary/aromatic N) is 4. The molecule has 2 aromatic heterocycles.